The van der Waals surface area contributed by atoms with Gasteiger partial charge < -0.3 is 30.9 Å². The maximum Gasteiger partial charge on any atom is 0.103 e. The zero-order chi connectivity index (χ0) is 51.7. The second-order valence-electron chi connectivity index (χ2n) is 16.8. The molecule has 0 aliphatic rings. The molecule has 0 radical (unpaired) electrons. The Morgan fingerprint density at radius 2 is 0.880 bits per heavy atom. The lowest BCUT2D eigenvalue weighted by Crippen LogP contribution is -1.98. The van der Waals surface area contributed by atoms with E-state index in [1.165, 1.54) is 0 Å². The first kappa shape index (κ1) is 49.3. The minimum Gasteiger partial charge on any atom is -0.361 e. The molecule has 12 rings (SSSR count). The maximum absolute atomic E-state index is 9.55. The van der Waals surface area contributed by atoms with E-state index in [1.54, 1.807) is 37.2 Å². The first-order valence-corrected chi connectivity index (χ1v) is 25.6. The van der Waals surface area contributed by atoms with Gasteiger partial charge in [-0.3, -0.25) is 15.0 Å². The Morgan fingerprint density at radius 3 is 1.41 bits per heavy atom. The van der Waals surface area contributed by atoms with E-state index in [0.29, 0.717) is 16.7 Å². The molecule has 6 N–H and O–H groups in total. The van der Waals surface area contributed by atoms with Crippen LogP contribution in [0.15, 0.2) is 215 Å². The van der Waals surface area contributed by atoms with Crippen LogP contribution < -0.4 is 16.0 Å². The van der Waals surface area contributed by atoms with Gasteiger partial charge in [-0.1, -0.05) is 96.3 Å². The number of H-pyrrole nitrogens is 3. The minimum atomic E-state index is 0.502. The molecule has 0 spiro atoms. The number of fused-ring (bicyclic) bond motifs is 3. The average Bonchev–Trinajstić information content (AvgIpc) is 4.24. The summed E-state index contributed by atoms with van der Waals surface area (Å²) in [5.74, 6) is 0. The summed E-state index contributed by atoms with van der Waals surface area (Å²) in [6.45, 7) is 0. The third-order valence-corrected chi connectivity index (χ3v) is 13.8. The van der Waals surface area contributed by atoms with Crippen LogP contribution in [0.5, 0.6) is 0 Å². The predicted molar refractivity (Wildman–Crippen MR) is 311 cm³/mol. The zero-order valence-electron chi connectivity index (χ0n) is 39.4. The van der Waals surface area contributed by atoms with Crippen LogP contribution >= 0.6 is 47.8 Å². The number of hydrogen-bond acceptors (Lipinski definition) is 9. The van der Waals surface area contributed by atoms with Gasteiger partial charge in [0.15, 0.2) is 0 Å². The van der Waals surface area contributed by atoms with Gasteiger partial charge in [0, 0.05) is 136 Å². The molecule has 0 saturated carbocycles. The van der Waals surface area contributed by atoms with Crippen molar-refractivity contribution in [2.24, 2.45) is 0 Å². The standard InChI is InChI=1S/3C20H13BrN4/c21-15-4-1-3-13(9-15)17-12-23-11-14(10-22)20(17)25-19-6-2-5-18-16(19)7-8-24-18;21-16-3-1-2-13(8-16)18-12-23-11-15(10-22)20(18)25-17-4-5-19-14(9-17)6-7-24-19;21-18-4-2-1-3-16(18)17-12-23-11-14(10-22)20(17)25-15-5-6-19-13(9-15)7-8-24-19/h3*1-9,11-12,24H,(H,23,25). The summed E-state index contributed by atoms with van der Waals surface area (Å²) < 4.78 is 2.91. The van der Waals surface area contributed by atoms with Crippen molar-refractivity contribution in [3.63, 3.8) is 0 Å². The molecule has 0 aliphatic heterocycles. The second kappa shape index (κ2) is 22.6. The van der Waals surface area contributed by atoms with E-state index in [9.17, 15) is 15.8 Å². The molecule has 6 aromatic heterocycles. The summed E-state index contributed by atoms with van der Waals surface area (Å²) in [6.07, 6.45) is 15.8. The first-order chi connectivity index (χ1) is 36.8. The Labute approximate surface area is 456 Å². The molecule has 12 aromatic rings. The summed E-state index contributed by atoms with van der Waals surface area (Å²) in [5, 5.41) is 42.1. The predicted octanol–water partition coefficient (Wildman–Crippen LogP) is 16.8. The molecular formula is C60H39Br3N12. The summed E-state index contributed by atoms with van der Waals surface area (Å²) in [4.78, 5) is 22.3. The molecule has 6 heterocycles. The summed E-state index contributed by atoms with van der Waals surface area (Å²) in [7, 11) is 0. The van der Waals surface area contributed by atoms with Crippen molar-refractivity contribution in [1.29, 1.82) is 15.8 Å². The largest absolute Gasteiger partial charge is 0.361 e. The molecule has 0 atom stereocenters. The fourth-order valence-electron chi connectivity index (χ4n) is 8.55. The van der Waals surface area contributed by atoms with E-state index in [0.717, 1.165) is 114 Å². The molecule has 75 heavy (non-hydrogen) atoms. The van der Waals surface area contributed by atoms with Crippen LogP contribution in [-0.2, 0) is 0 Å². The monoisotopic (exact) mass is 1160 g/mol. The number of rotatable bonds is 9. The molecule has 0 bridgehead atoms. The smallest absolute Gasteiger partial charge is 0.103 e. The zero-order valence-corrected chi connectivity index (χ0v) is 44.1. The van der Waals surface area contributed by atoms with Crippen LogP contribution in [0, 0.1) is 34.0 Å². The second-order valence-corrected chi connectivity index (χ2v) is 19.5. The third kappa shape index (κ3) is 11.1. The van der Waals surface area contributed by atoms with Crippen molar-refractivity contribution in [2.45, 2.75) is 0 Å². The Balaban J connectivity index is 0.000000128. The number of aromatic amines is 3. The Kier molecular flexibility index (Phi) is 14.9. The van der Waals surface area contributed by atoms with E-state index in [2.05, 4.69) is 124 Å². The molecular weight excluding hydrogens is 1130 g/mol. The third-order valence-electron chi connectivity index (χ3n) is 12.1. The highest BCUT2D eigenvalue weighted by molar-refractivity contribution is 9.11. The molecule has 15 heteroatoms. The van der Waals surface area contributed by atoms with Gasteiger partial charge in [-0.15, -0.1) is 0 Å². The van der Waals surface area contributed by atoms with Crippen LogP contribution in [-0.4, -0.2) is 29.9 Å². The lowest BCUT2D eigenvalue weighted by Gasteiger charge is -2.14. The van der Waals surface area contributed by atoms with E-state index in [4.69, 9.17) is 0 Å². The number of aromatic nitrogens is 6. The van der Waals surface area contributed by atoms with E-state index in [1.807, 2.05) is 152 Å². The number of pyridine rings is 3. The van der Waals surface area contributed by atoms with Crippen molar-refractivity contribution in [3.8, 4) is 51.6 Å². The Bertz CT molecular complexity index is 4170. The highest BCUT2D eigenvalue weighted by Gasteiger charge is 2.16. The number of nitriles is 3. The van der Waals surface area contributed by atoms with Gasteiger partial charge in [0.25, 0.3) is 0 Å². The van der Waals surface area contributed by atoms with Crippen LogP contribution in [0.25, 0.3) is 66.1 Å². The summed E-state index contributed by atoms with van der Waals surface area (Å²) >= 11 is 10.6. The fraction of sp³-hybridized carbons (Fsp3) is 0. The molecule has 0 unspecified atom stereocenters. The van der Waals surface area contributed by atoms with E-state index >= 15 is 0 Å². The number of hydrogen-bond donors (Lipinski definition) is 6. The van der Waals surface area contributed by atoms with Crippen molar-refractivity contribution < 1.29 is 0 Å². The summed E-state index contributed by atoms with van der Waals surface area (Å²) in [6, 6.07) is 54.7. The van der Waals surface area contributed by atoms with Gasteiger partial charge in [-0.25, -0.2) is 0 Å². The Morgan fingerprint density at radius 1 is 0.400 bits per heavy atom. The normalized spacial score (nSPS) is 10.6. The fourth-order valence-corrected chi connectivity index (χ4v) is 9.85. The van der Waals surface area contributed by atoms with Crippen LogP contribution in [0.3, 0.4) is 0 Å². The first-order valence-electron chi connectivity index (χ1n) is 23.2. The molecule has 0 saturated heterocycles. The SMILES string of the molecule is N#Cc1cncc(-c2cccc(Br)c2)c1Nc1ccc2[nH]ccc2c1.N#Cc1cncc(-c2cccc(Br)c2)c1Nc1cccc2[nH]ccc12.N#Cc1cncc(-c2ccccc2Br)c1Nc1ccc2[nH]ccc2c1. The van der Waals surface area contributed by atoms with Gasteiger partial charge >= 0.3 is 0 Å². The quantitative estimate of drug-likeness (QED) is 0.0816. The van der Waals surface area contributed by atoms with Crippen molar-refractivity contribution in [3.05, 3.63) is 231 Å². The summed E-state index contributed by atoms with van der Waals surface area (Å²) in [5.41, 5.74) is 15.4. The molecule has 360 valence electrons. The van der Waals surface area contributed by atoms with Crippen LogP contribution in [0.2, 0.25) is 0 Å². The van der Waals surface area contributed by atoms with Crippen molar-refractivity contribution in [1.82, 2.24) is 29.9 Å². The highest BCUT2D eigenvalue weighted by Crippen LogP contribution is 2.39. The number of anilines is 6. The topological polar surface area (TPSA) is 194 Å². The number of benzene rings is 6. The molecule has 0 amide bonds. The van der Waals surface area contributed by atoms with Gasteiger partial charge in [0.05, 0.1) is 33.8 Å². The van der Waals surface area contributed by atoms with Gasteiger partial charge in [-0.2, -0.15) is 15.8 Å². The molecule has 0 aliphatic carbocycles. The molecule has 12 nitrogen and oxygen atoms in total. The van der Waals surface area contributed by atoms with Crippen LogP contribution in [0.1, 0.15) is 16.7 Å². The van der Waals surface area contributed by atoms with Gasteiger partial charge in [-0.05, 0) is 114 Å². The number of nitrogens with one attached hydrogen (secondary N) is 6. The minimum absolute atomic E-state index is 0.502. The average molecular weight is 1170 g/mol. The lowest BCUT2D eigenvalue weighted by atomic mass is 10.0. The van der Waals surface area contributed by atoms with Gasteiger partial charge in [0.1, 0.15) is 18.2 Å². The maximum atomic E-state index is 9.55. The van der Waals surface area contributed by atoms with Crippen molar-refractivity contribution >= 4 is 115 Å². The lowest BCUT2D eigenvalue weighted by molar-refractivity contribution is 1.29. The molecule has 0 fully saturated rings. The van der Waals surface area contributed by atoms with Crippen LogP contribution in [0.4, 0.5) is 34.1 Å². The molecule has 6 aromatic carbocycles. The number of halogens is 3. The Hall–Kier alpha value is -9.30. The van der Waals surface area contributed by atoms with E-state index < -0.39 is 0 Å². The number of nitrogens with zero attached hydrogens (tertiary/aromatic N) is 6. The highest BCUT2D eigenvalue weighted by atomic mass is 79.9. The van der Waals surface area contributed by atoms with E-state index in [-0.39, 0.29) is 0 Å². The van der Waals surface area contributed by atoms with Gasteiger partial charge in [0.2, 0.25) is 0 Å². The van der Waals surface area contributed by atoms with Crippen molar-refractivity contribution in [2.75, 3.05) is 16.0 Å².